The normalized spacial score (nSPS) is 13.1. The van der Waals surface area contributed by atoms with Crippen LogP contribution in [0, 0.1) is 18.6 Å². The van der Waals surface area contributed by atoms with Gasteiger partial charge >= 0.3 is 6.03 Å². The molecule has 0 radical (unpaired) electrons. The van der Waals surface area contributed by atoms with Crippen molar-refractivity contribution in [1.29, 1.82) is 0 Å². The highest BCUT2D eigenvalue weighted by Gasteiger charge is 2.29. The van der Waals surface area contributed by atoms with Crippen LogP contribution in [0.3, 0.4) is 0 Å². The first-order valence-corrected chi connectivity index (χ1v) is 12.5. The van der Waals surface area contributed by atoms with Gasteiger partial charge in [-0.1, -0.05) is 24.3 Å². The summed E-state index contributed by atoms with van der Waals surface area (Å²) in [6, 6.07) is 11.4. The molecular formula is C25H23F2N3O6S. The first-order valence-electron chi connectivity index (χ1n) is 11.1. The number of halogens is 2. The molecule has 0 aromatic heterocycles. The number of aryl methyl sites for hydroxylation is 1. The Bertz CT molecular complexity index is 1460. The molecule has 1 aliphatic heterocycles. The summed E-state index contributed by atoms with van der Waals surface area (Å²) in [4.78, 5) is 27.3. The number of amides is 3. The van der Waals surface area contributed by atoms with Crippen LogP contribution in [0.4, 0.5) is 19.3 Å². The summed E-state index contributed by atoms with van der Waals surface area (Å²) in [5.74, 6) is -1.92. The number of hydrogen-bond acceptors (Lipinski definition) is 6. The zero-order chi connectivity index (χ0) is 26.7. The van der Waals surface area contributed by atoms with Gasteiger partial charge in [0.1, 0.15) is 6.04 Å². The topological polar surface area (TPSA) is 114 Å². The van der Waals surface area contributed by atoms with Gasteiger partial charge in [0.05, 0.1) is 4.90 Å². The van der Waals surface area contributed by atoms with E-state index in [0.717, 1.165) is 12.1 Å². The lowest BCUT2D eigenvalue weighted by Gasteiger charge is -2.25. The molecule has 0 aliphatic carbocycles. The Kier molecular flexibility index (Phi) is 7.30. The number of carbonyl (C=O) groups excluding carboxylic acids is 2. The molecule has 4 rings (SSSR count). The summed E-state index contributed by atoms with van der Waals surface area (Å²) >= 11 is 0. The molecule has 0 spiro atoms. The molecule has 0 saturated carbocycles. The van der Waals surface area contributed by atoms with Gasteiger partial charge < -0.3 is 19.7 Å². The zero-order valence-electron chi connectivity index (χ0n) is 19.8. The minimum Gasteiger partial charge on any atom is -0.454 e. The number of sulfonamides is 1. The number of benzene rings is 3. The van der Waals surface area contributed by atoms with Crippen molar-refractivity contribution in [3.63, 3.8) is 0 Å². The van der Waals surface area contributed by atoms with Crippen molar-refractivity contribution in [2.45, 2.75) is 24.3 Å². The van der Waals surface area contributed by atoms with Gasteiger partial charge in [-0.05, 0) is 48.4 Å². The summed E-state index contributed by atoms with van der Waals surface area (Å²) in [7, 11) is -2.81. The molecule has 3 amide bonds. The number of hydrogen-bond donors (Lipinski definition) is 2. The van der Waals surface area contributed by atoms with Crippen LogP contribution in [0.1, 0.15) is 11.1 Å². The number of likely N-dealkylation sites (N-methyl/N-ethyl adjacent to an activating group) is 1. The Morgan fingerprint density at radius 3 is 2.46 bits per heavy atom. The molecule has 1 aliphatic rings. The van der Waals surface area contributed by atoms with E-state index in [-0.39, 0.29) is 23.7 Å². The maximum atomic E-state index is 13.8. The Hall–Kier alpha value is -4.19. The maximum Gasteiger partial charge on any atom is 0.329 e. The van der Waals surface area contributed by atoms with Crippen LogP contribution in [0.5, 0.6) is 11.5 Å². The molecule has 0 saturated heterocycles. The predicted octanol–water partition coefficient (Wildman–Crippen LogP) is 3.26. The molecule has 3 aromatic carbocycles. The third-order valence-electron chi connectivity index (χ3n) is 5.71. The van der Waals surface area contributed by atoms with E-state index in [4.69, 9.17) is 9.47 Å². The standard InChI is InChI=1S/C25H23F2N3O6S/c1-15-5-3-4-6-23(15)37(33,34)29-25(32)28-20(12-16-7-9-18(26)19(27)11-16)24(31)30(2)17-8-10-21-22(13-17)36-14-35-21/h3-11,13,20H,12,14H2,1-2H3,(H2,28,29,32). The van der Waals surface area contributed by atoms with Crippen LogP contribution in [0.25, 0.3) is 0 Å². The van der Waals surface area contributed by atoms with Crippen LogP contribution < -0.4 is 24.4 Å². The summed E-state index contributed by atoms with van der Waals surface area (Å²) in [5, 5.41) is 2.36. The average molecular weight is 532 g/mol. The summed E-state index contributed by atoms with van der Waals surface area (Å²) in [6.45, 7) is 1.61. The monoisotopic (exact) mass is 531 g/mol. The molecule has 0 bridgehead atoms. The van der Waals surface area contributed by atoms with Crippen LogP contribution in [-0.2, 0) is 21.2 Å². The molecule has 0 fully saturated rings. The second-order valence-electron chi connectivity index (χ2n) is 8.28. The summed E-state index contributed by atoms with van der Waals surface area (Å²) in [6.07, 6.45) is -0.247. The fraction of sp³-hybridized carbons (Fsp3) is 0.200. The lowest BCUT2D eigenvalue weighted by atomic mass is 10.0. The number of urea groups is 1. The Labute approximate surface area is 212 Å². The minimum absolute atomic E-state index is 0.0340. The van der Waals surface area contributed by atoms with Crippen molar-refractivity contribution in [2.75, 3.05) is 18.7 Å². The molecule has 12 heteroatoms. The molecule has 2 N–H and O–H groups in total. The van der Waals surface area contributed by atoms with Crippen LogP contribution in [0.2, 0.25) is 0 Å². The highest BCUT2D eigenvalue weighted by atomic mass is 32.2. The molecule has 37 heavy (non-hydrogen) atoms. The number of fused-ring (bicyclic) bond motifs is 1. The van der Waals surface area contributed by atoms with Gasteiger partial charge in [-0.3, -0.25) is 4.79 Å². The van der Waals surface area contributed by atoms with Gasteiger partial charge in [0.25, 0.3) is 10.0 Å². The van der Waals surface area contributed by atoms with Gasteiger partial charge in [0, 0.05) is 25.2 Å². The Balaban J connectivity index is 1.58. The van der Waals surface area contributed by atoms with E-state index in [2.05, 4.69) is 5.32 Å². The quantitative estimate of drug-likeness (QED) is 0.484. The number of anilines is 1. The highest BCUT2D eigenvalue weighted by Crippen LogP contribution is 2.35. The van der Waals surface area contributed by atoms with E-state index in [1.165, 1.54) is 30.1 Å². The Morgan fingerprint density at radius 2 is 1.73 bits per heavy atom. The number of rotatable bonds is 7. The molecule has 1 atom stereocenters. The van der Waals surface area contributed by atoms with Crippen molar-refractivity contribution in [1.82, 2.24) is 10.0 Å². The van der Waals surface area contributed by atoms with Crippen LogP contribution in [0.15, 0.2) is 65.6 Å². The van der Waals surface area contributed by atoms with Gasteiger partial charge in [-0.25, -0.2) is 26.7 Å². The van der Waals surface area contributed by atoms with Gasteiger partial charge in [-0.15, -0.1) is 0 Å². The first kappa shape index (κ1) is 25.9. The summed E-state index contributed by atoms with van der Waals surface area (Å²) < 4.78 is 65.2. The zero-order valence-corrected chi connectivity index (χ0v) is 20.6. The van der Waals surface area contributed by atoms with Crippen molar-refractivity contribution in [3.8, 4) is 11.5 Å². The molecule has 1 unspecified atom stereocenters. The lowest BCUT2D eigenvalue weighted by Crippen LogP contribution is -2.52. The lowest BCUT2D eigenvalue weighted by molar-refractivity contribution is -0.120. The van der Waals surface area contributed by atoms with E-state index in [9.17, 15) is 26.8 Å². The maximum absolute atomic E-state index is 13.8. The van der Waals surface area contributed by atoms with Gasteiger partial charge in [0.2, 0.25) is 12.7 Å². The van der Waals surface area contributed by atoms with Gasteiger partial charge in [-0.2, -0.15) is 0 Å². The summed E-state index contributed by atoms with van der Waals surface area (Å²) in [5.41, 5.74) is 1.03. The van der Waals surface area contributed by atoms with Crippen molar-refractivity contribution < 1.29 is 36.3 Å². The van der Waals surface area contributed by atoms with E-state index in [1.807, 2.05) is 4.72 Å². The molecule has 9 nitrogen and oxygen atoms in total. The van der Waals surface area contributed by atoms with Crippen LogP contribution >= 0.6 is 0 Å². The third kappa shape index (κ3) is 5.80. The number of ether oxygens (including phenoxy) is 2. The van der Waals surface area contributed by atoms with E-state index in [1.54, 1.807) is 37.3 Å². The predicted molar refractivity (Wildman–Crippen MR) is 130 cm³/mol. The second-order valence-corrected chi connectivity index (χ2v) is 9.94. The smallest absolute Gasteiger partial charge is 0.329 e. The second kappa shape index (κ2) is 10.4. The minimum atomic E-state index is -4.25. The molecular weight excluding hydrogens is 508 g/mol. The van der Waals surface area contributed by atoms with Crippen molar-refractivity contribution in [3.05, 3.63) is 83.4 Å². The Morgan fingerprint density at radius 1 is 1.00 bits per heavy atom. The van der Waals surface area contributed by atoms with E-state index >= 15 is 0 Å². The van der Waals surface area contributed by atoms with Crippen molar-refractivity contribution in [2.24, 2.45) is 0 Å². The highest BCUT2D eigenvalue weighted by molar-refractivity contribution is 7.90. The fourth-order valence-corrected chi connectivity index (χ4v) is 4.94. The first-order chi connectivity index (χ1) is 17.5. The fourth-order valence-electron chi connectivity index (χ4n) is 3.78. The number of nitrogens with one attached hydrogen (secondary N) is 2. The van der Waals surface area contributed by atoms with E-state index in [0.29, 0.717) is 22.7 Å². The van der Waals surface area contributed by atoms with Gasteiger partial charge in [0.15, 0.2) is 23.1 Å². The molecule has 194 valence electrons. The molecule has 1 heterocycles. The van der Waals surface area contributed by atoms with E-state index < -0.39 is 39.6 Å². The SMILES string of the molecule is Cc1ccccc1S(=O)(=O)NC(=O)NC(Cc1ccc(F)c(F)c1)C(=O)N(C)c1ccc2c(c1)OCO2. The number of carbonyl (C=O) groups is 2. The largest absolute Gasteiger partial charge is 0.454 e. The van der Waals surface area contributed by atoms with Crippen molar-refractivity contribution >= 4 is 27.6 Å². The molecule has 3 aromatic rings. The average Bonchev–Trinajstić information content (AvgIpc) is 3.33. The van der Waals surface area contributed by atoms with Crippen LogP contribution in [-0.4, -0.2) is 40.2 Å². The third-order valence-corrected chi connectivity index (χ3v) is 7.20. The number of nitrogens with zero attached hydrogens (tertiary/aromatic N) is 1.